The maximum atomic E-state index is 13.2. The van der Waals surface area contributed by atoms with Gasteiger partial charge in [0.05, 0.1) is 5.41 Å². The zero-order valence-electron chi connectivity index (χ0n) is 14.9. The standard InChI is InChI=1S/C21H25NO3/c1-15(2)14-18(19(23)24)22-20(25)21(3,16-10-6-4-7-11-16)17-12-8-5-9-13-17/h4-13,15,18H,14H2,1-3H3,(H,22,25)(H,23,24)/t18-/m1/s1. The number of nitrogens with one attached hydrogen (secondary N) is 1. The monoisotopic (exact) mass is 339 g/mol. The first kappa shape index (κ1) is 18.7. The lowest BCUT2D eigenvalue weighted by Gasteiger charge is -2.31. The average molecular weight is 339 g/mol. The van der Waals surface area contributed by atoms with Gasteiger partial charge in [0.15, 0.2) is 0 Å². The summed E-state index contributed by atoms with van der Waals surface area (Å²) in [7, 11) is 0. The summed E-state index contributed by atoms with van der Waals surface area (Å²) < 4.78 is 0. The van der Waals surface area contributed by atoms with Crippen molar-refractivity contribution in [2.75, 3.05) is 0 Å². The molecule has 2 aromatic carbocycles. The Hall–Kier alpha value is -2.62. The fourth-order valence-corrected chi connectivity index (χ4v) is 2.97. The molecular weight excluding hydrogens is 314 g/mol. The van der Waals surface area contributed by atoms with Gasteiger partial charge in [0, 0.05) is 0 Å². The third-order valence-corrected chi connectivity index (χ3v) is 4.47. The van der Waals surface area contributed by atoms with Crippen LogP contribution in [0.5, 0.6) is 0 Å². The van der Waals surface area contributed by atoms with Gasteiger partial charge in [-0.05, 0) is 30.4 Å². The second-order valence-electron chi connectivity index (χ2n) is 6.85. The van der Waals surface area contributed by atoms with Crippen molar-refractivity contribution in [2.24, 2.45) is 5.92 Å². The van der Waals surface area contributed by atoms with Gasteiger partial charge in [0.1, 0.15) is 6.04 Å². The molecule has 0 heterocycles. The number of aliphatic carboxylic acids is 1. The highest BCUT2D eigenvalue weighted by Crippen LogP contribution is 2.32. The van der Waals surface area contributed by atoms with Crippen molar-refractivity contribution < 1.29 is 14.7 Å². The highest BCUT2D eigenvalue weighted by molar-refractivity contribution is 5.94. The summed E-state index contributed by atoms with van der Waals surface area (Å²) in [5.41, 5.74) is 0.687. The first-order valence-electron chi connectivity index (χ1n) is 8.50. The average Bonchev–Trinajstić information content (AvgIpc) is 2.61. The molecule has 0 aromatic heterocycles. The molecule has 0 spiro atoms. The summed E-state index contributed by atoms with van der Waals surface area (Å²) in [5, 5.41) is 12.2. The molecule has 0 unspecified atom stereocenters. The van der Waals surface area contributed by atoms with Gasteiger partial charge in [-0.1, -0.05) is 74.5 Å². The smallest absolute Gasteiger partial charge is 0.326 e. The fourth-order valence-electron chi connectivity index (χ4n) is 2.97. The second kappa shape index (κ2) is 7.97. The third-order valence-electron chi connectivity index (χ3n) is 4.47. The predicted molar refractivity (Wildman–Crippen MR) is 98.4 cm³/mol. The number of amides is 1. The van der Waals surface area contributed by atoms with E-state index in [2.05, 4.69) is 5.32 Å². The van der Waals surface area contributed by atoms with Crippen molar-refractivity contribution in [3.05, 3.63) is 71.8 Å². The molecule has 4 nitrogen and oxygen atoms in total. The Morgan fingerprint density at radius 3 is 1.76 bits per heavy atom. The van der Waals surface area contributed by atoms with E-state index in [1.165, 1.54) is 0 Å². The van der Waals surface area contributed by atoms with E-state index in [0.717, 1.165) is 11.1 Å². The normalized spacial score (nSPS) is 12.6. The lowest BCUT2D eigenvalue weighted by atomic mass is 9.75. The lowest BCUT2D eigenvalue weighted by molar-refractivity contribution is -0.142. The van der Waals surface area contributed by atoms with E-state index < -0.39 is 17.4 Å². The number of hydrogen-bond donors (Lipinski definition) is 2. The van der Waals surface area contributed by atoms with Gasteiger partial charge in [-0.3, -0.25) is 4.79 Å². The van der Waals surface area contributed by atoms with Crippen LogP contribution in [0.2, 0.25) is 0 Å². The number of benzene rings is 2. The van der Waals surface area contributed by atoms with Crippen LogP contribution in [-0.2, 0) is 15.0 Å². The maximum absolute atomic E-state index is 13.2. The van der Waals surface area contributed by atoms with Gasteiger partial charge in [0.25, 0.3) is 0 Å². The SMILES string of the molecule is CC(C)C[C@@H](NC(=O)C(C)(c1ccccc1)c1ccccc1)C(=O)O. The summed E-state index contributed by atoms with van der Waals surface area (Å²) in [6.45, 7) is 5.71. The van der Waals surface area contributed by atoms with Gasteiger partial charge < -0.3 is 10.4 Å². The first-order valence-corrected chi connectivity index (χ1v) is 8.50. The minimum atomic E-state index is -1.01. The molecule has 25 heavy (non-hydrogen) atoms. The van der Waals surface area contributed by atoms with Crippen molar-refractivity contribution in [2.45, 2.75) is 38.6 Å². The van der Waals surface area contributed by atoms with Crippen LogP contribution < -0.4 is 5.32 Å². The molecule has 0 bridgehead atoms. The summed E-state index contributed by atoms with van der Waals surface area (Å²) in [5.74, 6) is -1.15. The van der Waals surface area contributed by atoms with Crippen LogP contribution in [0.1, 0.15) is 38.3 Å². The number of hydrogen-bond acceptors (Lipinski definition) is 2. The molecule has 4 heteroatoms. The van der Waals surface area contributed by atoms with Crippen LogP contribution in [0.15, 0.2) is 60.7 Å². The molecule has 1 atom stereocenters. The zero-order valence-corrected chi connectivity index (χ0v) is 14.9. The van der Waals surface area contributed by atoms with E-state index in [1.54, 1.807) is 0 Å². The van der Waals surface area contributed by atoms with Crippen molar-refractivity contribution in [3.8, 4) is 0 Å². The molecule has 0 fully saturated rings. The van der Waals surface area contributed by atoms with Crippen LogP contribution >= 0.6 is 0 Å². The zero-order chi connectivity index (χ0) is 18.4. The summed E-state index contributed by atoms with van der Waals surface area (Å²) in [4.78, 5) is 24.7. The van der Waals surface area contributed by atoms with Crippen LogP contribution in [0.25, 0.3) is 0 Å². The number of carbonyl (C=O) groups excluding carboxylic acids is 1. The van der Waals surface area contributed by atoms with Crippen LogP contribution in [0, 0.1) is 5.92 Å². The van der Waals surface area contributed by atoms with Gasteiger partial charge >= 0.3 is 5.97 Å². The van der Waals surface area contributed by atoms with Crippen molar-refractivity contribution in [3.63, 3.8) is 0 Å². The maximum Gasteiger partial charge on any atom is 0.326 e. The van der Waals surface area contributed by atoms with E-state index in [-0.39, 0.29) is 11.8 Å². The van der Waals surface area contributed by atoms with E-state index in [4.69, 9.17) is 0 Å². The topological polar surface area (TPSA) is 66.4 Å². The van der Waals surface area contributed by atoms with E-state index >= 15 is 0 Å². The van der Waals surface area contributed by atoms with E-state index in [9.17, 15) is 14.7 Å². The summed E-state index contributed by atoms with van der Waals surface area (Å²) in [6.07, 6.45) is 0.390. The molecule has 0 aliphatic rings. The summed E-state index contributed by atoms with van der Waals surface area (Å²) >= 11 is 0. The molecule has 2 N–H and O–H groups in total. The van der Waals surface area contributed by atoms with Crippen molar-refractivity contribution in [1.82, 2.24) is 5.32 Å². The van der Waals surface area contributed by atoms with Crippen LogP contribution in [-0.4, -0.2) is 23.0 Å². The molecule has 0 aliphatic heterocycles. The molecule has 0 saturated heterocycles. The minimum absolute atomic E-state index is 0.168. The largest absolute Gasteiger partial charge is 0.480 e. The molecule has 0 saturated carbocycles. The van der Waals surface area contributed by atoms with E-state index in [0.29, 0.717) is 6.42 Å². The quantitative estimate of drug-likeness (QED) is 0.810. The number of carboxylic acid groups (broad SMARTS) is 1. The van der Waals surface area contributed by atoms with E-state index in [1.807, 2.05) is 81.4 Å². The molecule has 1 amide bonds. The highest BCUT2D eigenvalue weighted by atomic mass is 16.4. The van der Waals surface area contributed by atoms with Crippen molar-refractivity contribution >= 4 is 11.9 Å². The van der Waals surface area contributed by atoms with Crippen LogP contribution in [0.4, 0.5) is 0 Å². The molecule has 0 radical (unpaired) electrons. The van der Waals surface area contributed by atoms with Gasteiger partial charge in [0.2, 0.25) is 5.91 Å². The Morgan fingerprint density at radius 2 is 1.40 bits per heavy atom. The first-order chi connectivity index (χ1) is 11.9. The lowest BCUT2D eigenvalue weighted by Crippen LogP contribution is -2.50. The predicted octanol–water partition coefficient (Wildman–Crippen LogP) is 3.61. The number of rotatable bonds is 7. The van der Waals surface area contributed by atoms with Gasteiger partial charge in [-0.15, -0.1) is 0 Å². The third kappa shape index (κ3) is 4.27. The Labute approximate surface area is 148 Å². The highest BCUT2D eigenvalue weighted by Gasteiger charge is 2.38. The molecule has 2 rings (SSSR count). The van der Waals surface area contributed by atoms with Gasteiger partial charge in [-0.2, -0.15) is 0 Å². The Balaban J connectivity index is 2.42. The molecular formula is C21H25NO3. The molecule has 0 aliphatic carbocycles. The minimum Gasteiger partial charge on any atom is -0.480 e. The fraction of sp³-hybridized carbons (Fsp3) is 0.333. The Bertz CT molecular complexity index is 671. The summed E-state index contributed by atoms with van der Waals surface area (Å²) in [6, 6.07) is 18.0. The molecule has 2 aromatic rings. The number of carbonyl (C=O) groups is 2. The van der Waals surface area contributed by atoms with Crippen molar-refractivity contribution in [1.29, 1.82) is 0 Å². The van der Waals surface area contributed by atoms with Crippen LogP contribution in [0.3, 0.4) is 0 Å². The Kier molecular flexibility index (Phi) is 5.97. The Morgan fingerprint density at radius 1 is 0.960 bits per heavy atom. The number of carboxylic acids is 1. The second-order valence-corrected chi connectivity index (χ2v) is 6.85. The van der Waals surface area contributed by atoms with Gasteiger partial charge in [-0.25, -0.2) is 4.79 Å². The molecule has 132 valence electrons.